The van der Waals surface area contributed by atoms with Gasteiger partial charge in [-0.2, -0.15) is 0 Å². The largest absolute Gasteiger partial charge is 0.519 e. The molecule has 0 spiro atoms. The number of benzene rings is 1. The molecule has 0 bridgehead atoms. The van der Waals surface area contributed by atoms with E-state index in [1.165, 1.54) is 11.8 Å². The maximum Gasteiger partial charge on any atom is 0.519 e. The molecular formula is C18H21NO9. The number of fused-ring (bicyclic) bond motifs is 1. The van der Waals surface area contributed by atoms with Crippen molar-refractivity contribution in [2.75, 3.05) is 13.3 Å². The van der Waals surface area contributed by atoms with Gasteiger partial charge in [0.1, 0.15) is 0 Å². The summed E-state index contributed by atoms with van der Waals surface area (Å²) in [5, 5.41) is 20.1. The molecule has 2 heterocycles. The lowest BCUT2D eigenvalue weighted by Crippen LogP contribution is -2.44. The molecule has 1 atom stereocenters. The molecule has 1 aromatic carbocycles. The van der Waals surface area contributed by atoms with Gasteiger partial charge in [0.2, 0.25) is 6.79 Å². The molecule has 0 aliphatic carbocycles. The van der Waals surface area contributed by atoms with Gasteiger partial charge >= 0.3 is 17.9 Å². The number of ether oxygens (including phenoxy) is 3. The molecule has 1 aromatic heterocycles. The van der Waals surface area contributed by atoms with Gasteiger partial charge in [-0.15, -0.1) is 0 Å². The van der Waals surface area contributed by atoms with Gasteiger partial charge in [0.05, 0.1) is 0 Å². The second kappa shape index (κ2) is 7.56. The Morgan fingerprint density at radius 2 is 2.00 bits per heavy atom. The van der Waals surface area contributed by atoms with Crippen LogP contribution in [0.5, 0.6) is 11.5 Å². The second-order valence-corrected chi connectivity index (χ2v) is 6.34. The van der Waals surface area contributed by atoms with Crippen LogP contribution >= 0.6 is 0 Å². The summed E-state index contributed by atoms with van der Waals surface area (Å²) in [4.78, 5) is 24.9. The summed E-state index contributed by atoms with van der Waals surface area (Å²) >= 11 is 0. The van der Waals surface area contributed by atoms with E-state index in [1.54, 1.807) is 19.9 Å². The molecule has 2 aromatic rings. The lowest BCUT2D eigenvalue weighted by atomic mass is 10.1. The minimum absolute atomic E-state index is 0.167. The summed E-state index contributed by atoms with van der Waals surface area (Å²) in [7, 11) is 0. The highest BCUT2D eigenvalue weighted by atomic mass is 16.8. The molecule has 1 aliphatic rings. The van der Waals surface area contributed by atoms with E-state index in [0.717, 1.165) is 5.56 Å². The molecule has 28 heavy (non-hydrogen) atoms. The summed E-state index contributed by atoms with van der Waals surface area (Å²) in [6, 6.07) is 5.12. The zero-order valence-electron chi connectivity index (χ0n) is 15.6. The first-order valence-electron chi connectivity index (χ1n) is 8.65. The number of rotatable bonds is 6. The van der Waals surface area contributed by atoms with Gasteiger partial charge in [0.25, 0.3) is 5.76 Å². The predicted octanol–water partition coefficient (Wildman–Crippen LogP) is 1.45. The maximum atomic E-state index is 12.5. The lowest BCUT2D eigenvalue weighted by molar-refractivity contribution is -0.332. The highest BCUT2D eigenvalue weighted by Gasteiger charge is 2.40. The van der Waals surface area contributed by atoms with Crippen LogP contribution in [-0.4, -0.2) is 40.6 Å². The highest BCUT2D eigenvalue weighted by molar-refractivity contribution is 5.68. The number of likely N-dealkylation sites (N-methyl/N-ethyl adjacent to an activating group) is 1. The lowest BCUT2D eigenvalue weighted by Gasteiger charge is -2.30. The Morgan fingerprint density at radius 3 is 2.64 bits per heavy atom. The Labute approximate surface area is 159 Å². The Balaban J connectivity index is 1.70. The number of nitrogens with zero attached hydrogens (tertiary/aromatic N) is 1. The van der Waals surface area contributed by atoms with Gasteiger partial charge in [0, 0.05) is 12.6 Å². The van der Waals surface area contributed by atoms with Gasteiger partial charge in [0.15, 0.2) is 17.3 Å². The first-order valence-corrected chi connectivity index (χ1v) is 8.65. The van der Waals surface area contributed by atoms with Crippen molar-refractivity contribution < 1.29 is 38.1 Å². The molecule has 1 aliphatic heterocycles. The molecule has 10 heteroatoms. The van der Waals surface area contributed by atoms with E-state index in [0.29, 0.717) is 17.9 Å². The molecule has 1 unspecified atom stereocenters. The number of amides is 1. The van der Waals surface area contributed by atoms with Crippen LogP contribution in [0.4, 0.5) is 4.79 Å². The van der Waals surface area contributed by atoms with Crippen molar-refractivity contribution in [2.45, 2.75) is 39.2 Å². The number of carbonyl (C=O) groups excluding carboxylic acids is 1. The van der Waals surface area contributed by atoms with Gasteiger partial charge in [-0.25, -0.2) is 9.59 Å². The molecule has 0 saturated carbocycles. The minimum Gasteiger partial charge on any atom is -0.454 e. The summed E-state index contributed by atoms with van der Waals surface area (Å²) in [5.74, 6) is -3.89. The fourth-order valence-electron chi connectivity index (χ4n) is 3.01. The van der Waals surface area contributed by atoms with Crippen LogP contribution < -0.4 is 15.3 Å². The van der Waals surface area contributed by atoms with Crippen molar-refractivity contribution in [3.8, 4) is 11.5 Å². The topological polar surface area (TPSA) is 132 Å². The molecule has 0 radical (unpaired) electrons. The highest BCUT2D eigenvalue weighted by Crippen LogP contribution is 2.33. The van der Waals surface area contributed by atoms with Gasteiger partial charge in [-0.3, -0.25) is 0 Å². The molecule has 0 fully saturated rings. The molecule has 1 amide bonds. The number of aliphatic hydroxyl groups is 2. The van der Waals surface area contributed by atoms with E-state index >= 15 is 0 Å². The van der Waals surface area contributed by atoms with Crippen LogP contribution in [0.25, 0.3) is 0 Å². The summed E-state index contributed by atoms with van der Waals surface area (Å²) in [6.07, 6.45) is -0.535. The van der Waals surface area contributed by atoms with E-state index in [2.05, 4.69) is 8.83 Å². The molecule has 10 nitrogen and oxygen atoms in total. The van der Waals surface area contributed by atoms with Crippen molar-refractivity contribution in [1.82, 2.24) is 4.90 Å². The second-order valence-electron chi connectivity index (χ2n) is 6.34. The quantitative estimate of drug-likeness (QED) is 0.698. The summed E-state index contributed by atoms with van der Waals surface area (Å²) in [6.45, 7) is 5.19. The van der Waals surface area contributed by atoms with Crippen LogP contribution in [0.2, 0.25) is 0 Å². The normalized spacial score (nSPS) is 14.0. The maximum absolute atomic E-state index is 12.5. The average molecular weight is 395 g/mol. The van der Waals surface area contributed by atoms with Crippen molar-refractivity contribution in [2.24, 2.45) is 0 Å². The van der Waals surface area contributed by atoms with E-state index in [9.17, 15) is 19.8 Å². The van der Waals surface area contributed by atoms with Crippen LogP contribution in [0.1, 0.15) is 30.9 Å². The fraction of sp³-hybridized carbons (Fsp3) is 0.444. The van der Waals surface area contributed by atoms with Gasteiger partial charge < -0.3 is 38.2 Å². The zero-order valence-corrected chi connectivity index (χ0v) is 15.6. The van der Waals surface area contributed by atoms with Crippen LogP contribution in [-0.2, 0) is 17.1 Å². The standard InChI is InChI=1S/C18H21NO9/c1-4-19(10(2)7-12-5-6-13-14(8-12)25-9-24-13)16(20)28-18(22,23)15-11(3)26-17(21)27-15/h5-6,8,10,22-23H,4,7,9H2,1-3H3. The van der Waals surface area contributed by atoms with Crippen LogP contribution in [0.15, 0.2) is 31.8 Å². The number of aryl methyl sites for hydroxylation is 1. The van der Waals surface area contributed by atoms with Crippen molar-refractivity contribution in [3.05, 3.63) is 45.9 Å². The Kier molecular flexibility index (Phi) is 5.34. The van der Waals surface area contributed by atoms with E-state index in [1.807, 2.05) is 12.1 Å². The molecule has 3 rings (SSSR count). The first kappa shape index (κ1) is 19.8. The van der Waals surface area contributed by atoms with Gasteiger partial charge in [-0.1, -0.05) is 6.07 Å². The first-order chi connectivity index (χ1) is 13.2. The summed E-state index contributed by atoms with van der Waals surface area (Å²) in [5.41, 5.74) is 0.902. The average Bonchev–Trinajstić information content (AvgIpc) is 3.20. The molecule has 152 valence electrons. The monoisotopic (exact) mass is 395 g/mol. The predicted molar refractivity (Wildman–Crippen MR) is 92.7 cm³/mol. The number of hydrogen-bond donors (Lipinski definition) is 2. The third-order valence-corrected chi connectivity index (χ3v) is 4.34. The molecular weight excluding hydrogens is 374 g/mol. The fourth-order valence-corrected chi connectivity index (χ4v) is 3.01. The third kappa shape index (κ3) is 3.97. The van der Waals surface area contributed by atoms with E-state index < -0.39 is 23.6 Å². The van der Waals surface area contributed by atoms with Gasteiger partial charge in [-0.05, 0) is 44.9 Å². The Morgan fingerprint density at radius 1 is 1.29 bits per heavy atom. The van der Waals surface area contributed by atoms with Crippen LogP contribution in [0.3, 0.4) is 0 Å². The van der Waals surface area contributed by atoms with Crippen LogP contribution in [0, 0.1) is 6.92 Å². The van der Waals surface area contributed by atoms with E-state index in [4.69, 9.17) is 14.2 Å². The molecule has 2 N–H and O–H groups in total. The zero-order chi connectivity index (χ0) is 20.5. The Hall–Kier alpha value is -2.98. The van der Waals surface area contributed by atoms with E-state index in [-0.39, 0.29) is 25.1 Å². The summed E-state index contributed by atoms with van der Waals surface area (Å²) < 4.78 is 24.5. The Bertz CT molecular complexity index is 914. The molecule has 0 saturated heterocycles. The third-order valence-electron chi connectivity index (χ3n) is 4.34. The SMILES string of the molecule is CCN(C(=O)OC(O)(O)c1oc(=O)oc1C)C(C)Cc1ccc2c(c1)OCO2. The number of carbonyl (C=O) groups is 1. The number of hydrogen-bond acceptors (Lipinski definition) is 9. The van der Waals surface area contributed by atoms with Crippen molar-refractivity contribution in [3.63, 3.8) is 0 Å². The van der Waals surface area contributed by atoms with Crippen molar-refractivity contribution in [1.29, 1.82) is 0 Å². The van der Waals surface area contributed by atoms with Crippen molar-refractivity contribution >= 4 is 6.09 Å². The smallest absolute Gasteiger partial charge is 0.454 e. The minimum atomic E-state index is -3.14.